The monoisotopic (exact) mass is 97.1 g/mol. The van der Waals surface area contributed by atoms with E-state index < -0.39 is 0 Å². The Kier molecular flexibility index (Phi) is 0.571. The number of rotatable bonds is 0. The van der Waals surface area contributed by atoms with Crippen LogP contribution >= 0.6 is 0 Å². The van der Waals surface area contributed by atoms with Crippen LogP contribution in [-0.4, -0.2) is 12.6 Å². The van der Waals surface area contributed by atoms with Gasteiger partial charge in [0.05, 0.1) is 0 Å². The molecule has 2 fully saturated rings. The maximum Gasteiger partial charge on any atom is 0.0128 e. The van der Waals surface area contributed by atoms with Gasteiger partial charge in [-0.25, -0.2) is 0 Å². The Labute approximate surface area is 44.1 Å². The number of nitrogens with one attached hydrogen (secondary N) is 1. The summed E-state index contributed by atoms with van der Waals surface area (Å²) in [6, 6.07) is 0.931. The fourth-order valence-electron chi connectivity index (χ4n) is 1.74. The van der Waals surface area contributed by atoms with Gasteiger partial charge in [0.25, 0.3) is 0 Å². The van der Waals surface area contributed by atoms with Gasteiger partial charge >= 0.3 is 0 Å². The molecular formula is C6H11N. The highest BCUT2D eigenvalue weighted by Crippen LogP contribution is 2.44. The third-order valence-electron chi connectivity index (χ3n) is 2.42. The first kappa shape index (κ1) is 3.90. The third kappa shape index (κ3) is 0.367. The zero-order valence-electron chi connectivity index (χ0n) is 4.65. The molecule has 2 unspecified atom stereocenters. The molecule has 1 heterocycles. The van der Waals surface area contributed by atoms with E-state index in [2.05, 4.69) is 12.2 Å². The van der Waals surface area contributed by atoms with Crippen LogP contribution in [0.4, 0.5) is 0 Å². The van der Waals surface area contributed by atoms with Crippen LogP contribution in [0.15, 0.2) is 0 Å². The van der Waals surface area contributed by atoms with Crippen LogP contribution < -0.4 is 5.32 Å². The van der Waals surface area contributed by atoms with Gasteiger partial charge in [-0.3, -0.25) is 0 Å². The average Bonchev–Trinajstić information content (AvgIpc) is 2.26. The zero-order chi connectivity index (χ0) is 4.85. The molecule has 0 spiro atoms. The lowest BCUT2D eigenvalue weighted by Crippen LogP contribution is -2.13. The molecule has 0 bridgehead atoms. The Morgan fingerprint density at radius 1 is 1.57 bits per heavy atom. The first-order valence-electron chi connectivity index (χ1n) is 3.13. The van der Waals surface area contributed by atoms with Crippen molar-refractivity contribution in [2.24, 2.45) is 11.8 Å². The Hall–Kier alpha value is -0.0400. The molecular weight excluding hydrogens is 86.1 g/mol. The van der Waals surface area contributed by atoms with Gasteiger partial charge in [0.2, 0.25) is 0 Å². The number of hydrogen-bond acceptors (Lipinski definition) is 1. The highest BCUT2D eigenvalue weighted by Gasteiger charge is 2.49. The van der Waals surface area contributed by atoms with Gasteiger partial charge < -0.3 is 5.32 Å². The molecule has 0 aromatic heterocycles. The van der Waals surface area contributed by atoms with Crippen LogP contribution in [0.5, 0.6) is 0 Å². The van der Waals surface area contributed by atoms with Crippen LogP contribution in [0.25, 0.3) is 0 Å². The van der Waals surface area contributed by atoms with Crippen molar-refractivity contribution < 1.29 is 0 Å². The third-order valence-corrected chi connectivity index (χ3v) is 2.42. The van der Waals surface area contributed by atoms with Gasteiger partial charge in [0.1, 0.15) is 0 Å². The molecule has 2 aliphatic rings. The Bertz CT molecular complexity index is 80.2. The topological polar surface area (TPSA) is 12.0 Å². The van der Waals surface area contributed by atoms with E-state index in [-0.39, 0.29) is 0 Å². The van der Waals surface area contributed by atoms with Gasteiger partial charge in [-0.15, -0.1) is 0 Å². The van der Waals surface area contributed by atoms with Crippen LogP contribution in [0.1, 0.15) is 13.3 Å². The molecule has 1 aliphatic carbocycles. The minimum atomic E-state index is 0.931. The Morgan fingerprint density at radius 3 is 2.71 bits per heavy atom. The minimum Gasteiger partial charge on any atom is -0.313 e. The molecule has 1 nitrogen and oxygen atoms in total. The summed E-state index contributed by atoms with van der Waals surface area (Å²) >= 11 is 0. The summed E-state index contributed by atoms with van der Waals surface area (Å²) in [5.41, 5.74) is 0. The van der Waals surface area contributed by atoms with Gasteiger partial charge in [0.15, 0.2) is 0 Å². The standard InChI is InChI=1S/C6H11N/c1-4-5-2-3-7-6(4)5/h4-7H,2-3H2,1H3/t4-,5?,6?/m1/s1. The van der Waals surface area contributed by atoms with Crippen LogP contribution in [-0.2, 0) is 0 Å². The molecule has 0 amide bonds. The molecule has 1 heteroatoms. The van der Waals surface area contributed by atoms with E-state index in [1.54, 1.807) is 0 Å². The summed E-state index contributed by atoms with van der Waals surface area (Å²) in [6.45, 7) is 3.61. The van der Waals surface area contributed by atoms with E-state index in [0.29, 0.717) is 0 Å². The van der Waals surface area contributed by atoms with Crippen molar-refractivity contribution in [1.82, 2.24) is 5.32 Å². The second-order valence-electron chi connectivity index (χ2n) is 2.79. The lowest BCUT2D eigenvalue weighted by atomic mass is 10.3. The van der Waals surface area contributed by atoms with E-state index in [0.717, 1.165) is 17.9 Å². The zero-order valence-corrected chi connectivity index (χ0v) is 4.65. The van der Waals surface area contributed by atoms with Crippen molar-refractivity contribution in [2.75, 3.05) is 6.54 Å². The largest absolute Gasteiger partial charge is 0.313 e. The number of piperidine rings is 1. The molecule has 0 aromatic carbocycles. The van der Waals surface area contributed by atoms with E-state index in [9.17, 15) is 0 Å². The van der Waals surface area contributed by atoms with Crippen LogP contribution in [0, 0.1) is 11.8 Å². The van der Waals surface area contributed by atoms with Gasteiger partial charge in [-0.05, 0) is 24.8 Å². The molecule has 1 N–H and O–H groups in total. The maximum atomic E-state index is 3.44. The highest BCUT2D eigenvalue weighted by atomic mass is 15.0. The molecule has 2 rings (SSSR count). The molecule has 0 radical (unpaired) electrons. The van der Waals surface area contributed by atoms with Crippen molar-refractivity contribution in [3.63, 3.8) is 0 Å². The second-order valence-corrected chi connectivity index (χ2v) is 2.79. The van der Waals surface area contributed by atoms with Crippen molar-refractivity contribution in [1.29, 1.82) is 0 Å². The van der Waals surface area contributed by atoms with E-state index in [4.69, 9.17) is 0 Å². The fourth-order valence-corrected chi connectivity index (χ4v) is 1.74. The van der Waals surface area contributed by atoms with Gasteiger partial charge in [-0.1, -0.05) is 6.92 Å². The summed E-state index contributed by atoms with van der Waals surface area (Å²) in [6.07, 6.45) is 1.44. The first-order valence-corrected chi connectivity index (χ1v) is 3.13. The van der Waals surface area contributed by atoms with Crippen molar-refractivity contribution >= 4 is 0 Å². The summed E-state index contributed by atoms with van der Waals surface area (Å²) in [5.74, 6) is 2.08. The van der Waals surface area contributed by atoms with Crippen LogP contribution in [0.2, 0.25) is 0 Å². The van der Waals surface area contributed by atoms with E-state index in [1.807, 2.05) is 0 Å². The maximum absolute atomic E-state index is 3.44. The van der Waals surface area contributed by atoms with Crippen molar-refractivity contribution in [3.8, 4) is 0 Å². The number of hydrogen-bond donors (Lipinski definition) is 1. The SMILES string of the molecule is C[C@@H]1C2CCNC21. The molecule has 1 saturated heterocycles. The van der Waals surface area contributed by atoms with E-state index >= 15 is 0 Å². The first-order chi connectivity index (χ1) is 3.39. The lowest BCUT2D eigenvalue weighted by Gasteiger charge is -1.92. The normalized spacial score (nSPS) is 57.0. The summed E-state index contributed by atoms with van der Waals surface area (Å²) in [7, 11) is 0. The second kappa shape index (κ2) is 1.03. The van der Waals surface area contributed by atoms with Crippen LogP contribution in [0.3, 0.4) is 0 Å². The summed E-state index contributed by atoms with van der Waals surface area (Å²) in [4.78, 5) is 0. The average molecular weight is 97.2 g/mol. The minimum absolute atomic E-state index is 0.931. The highest BCUT2D eigenvalue weighted by molar-refractivity contribution is 5.04. The quantitative estimate of drug-likeness (QED) is 0.467. The van der Waals surface area contributed by atoms with Gasteiger partial charge in [0, 0.05) is 6.04 Å². The van der Waals surface area contributed by atoms with Crippen molar-refractivity contribution in [2.45, 2.75) is 19.4 Å². The summed E-state index contributed by atoms with van der Waals surface area (Å²) < 4.78 is 0. The van der Waals surface area contributed by atoms with Crippen molar-refractivity contribution in [3.05, 3.63) is 0 Å². The summed E-state index contributed by atoms with van der Waals surface area (Å²) in [5, 5.41) is 3.44. The molecule has 3 atom stereocenters. The number of fused-ring (bicyclic) bond motifs is 1. The fraction of sp³-hybridized carbons (Fsp3) is 1.00. The Morgan fingerprint density at radius 2 is 2.43 bits per heavy atom. The smallest absolute Gasteiger partial charge is 0.0128 e. The molecule has 1 saturated carbocycles. The Balaban J connectivity index is 2.06. The lowest BCUT2D eigenvalue weighted by molar-refractivity contribution is 0.639. The van der Waals surface area contributed by atoms with E-state index in [1.165, 1.54) is 13.0 Å². The molecule has 0 aromatic rings. The molecule has 40 valence electrons. The predicted molar refractivity (Wildman–Crippen MR) is 29.1 cm³/mol. The van der Waals surface area contributed by atoms with Gasteiger partial charge in [-0.2, -0.15) is 0 Å². The molecule has 7 heavy (non-hydrogen) atoms. The predicted octanol–water partition coefficient (Wildman–Crippen LogP) is 0.614. The molecule has 1 aliphatic heterocycles.